The summed E-state index contributed by atoms with van der Waals surface area (Å²) in [5, 5.41) is 9.03. The van der Waals surface area contributed by atoms with Crippen molar-refractivity contribution in [3.8, 4) is 17.6 Å². The van der Waals surface area contributed by atoms with E-state index in [1.807, 2.05) is 6.07 Å². The molecule has 0 bridgehead atoms. The molecule has 0 N–H and O–H groups in total. The van der Waals surface area contributed by atoms with Gasteiger partial charge < -0.3 is 14.0 Å². The molecule has 28 heavy (non-hydrogen) atoms. The third kappa shape index (κ3) is 4.53. The average Bonchev–Trinajstić information content (AvgIpc) is 3.09. The molecule has 7 heteroatoms. The van der Waals surface area contributed by atoms with Gasteiger partial charge in [0, 0.05) is 37.6 Å². The van der Waals surface area contributed by atoms with Crippen molar-refractivity contribution in [2.75, 3.05) is 26.5 Å². The van der Waals surface area contributed by atoms with Gasteiger partial charge in [0.1, 0.15) is 23.6 Å². The minimum absolute atomic E-state index is 0.193. The van der Waals surface area contributed by atoms with Gasteiger partial charge in [0.15, 0.2) is 4.90 Å². The Balaban J connectivity index is 1.96. The summed E-state index contributed by atoms with van der Waals surface area (Å²) in [5.41, 5.74) is 2.89. The lowest BCUT2D eigenvalue weighted by Crippen LogP contribution is -2.08. The molecule has 146 valence electrons. The van der Waals surface area contributed by atoms with Gasteiger partial charge in [0.2, 0.25) is 0 Å². The number of nitrogens with zero attached hydrogens (tertiary/aromatic N) is 2. The lowest BCUT2D eigenvalue weighted by molar-refractivity contribution is 0.197. The summed E-state index contributed by atoms with van der Waals surface area (Å²) in [6.45, 7) is 1.28. The zero-order valence-electron chi connectivity index (χ0n) is 15.8. The molecule has 1 atom stereocenters. The van der Waals surface area contributed by atoms with Gasteiger partial charge in [-0.3, -0.25) is 4.99 Å². The van der Waals surface area contributed by atoms with E-state index in [0.717, 1.165) is 40.6 Å². The Morgan fingerprint density at radius 2 is 2.11 bits per heavy atom. The zero-order chi connectivity index (χ0) is 20.1. The van der Waals surface area contributed by atoms with E-state index < -0.39 is 17.0 Å². The topological polar surface area (TPSA) is 77.7 Å². The molecule has 0 amide bonds. The van der Waals surface area contributed by atoms with Gasteiger partial charge in [-0.25, -0.2) is 4.39 Å². The van der Waals surface area contributed by atoms with Crippen LogP contribution in [0.1, 0.15) is 29.5 Å². The monoisotopic (exact) mass is 400 g/mol. The van der Waals surface area contributed by atoms with Crippen LogP contribution in [-0.2, 0) is 22.3 Å². The first-order valence-corrected chi connectivity index (χ1v) is 10.5. The molecule has 0 aromatic heterocycles. The van der Waals surface area contributed by atoms with E-state index in [9.17, 15) is 8.94 Å². The van der Waals surface area contributed by atoms with E-state index in [0.29, 0.717) is 25.3 Å². The molecule has 0 aliphatic heterocycles. The van der Waals surface area contributed by atoms with Crippen LogP contribution in [0.15, 0.2) is 40.2 Å². The first-order chi connectivity index (χ1) is 13.5. The van der Waals surface area contributed by atoms with Crippen LogP contribution in [0, 0.1) is 17.1 Å². The summed E-state index contributed by atoms with van der Waals surface area (Å²) in [6, 6.07) is 9.34. The Morgan fingerprint density at radius 1 is 1.29 bits per heavy atom. The Bertz CT molecular complexity index is 938. The maximum absolute atomic E-state index is 13.7. The highest BCUT2D eigenvalue weighted by Crippen LogP contribution is 2.38. The second-order valence-electron chi connectivity index (χ2n) is 6.43. The number of methoxy groups -OCH3 is 1. The summed E-state index contributed by atoms with van der Waals surface area (Å²) in [5.74, 6) is 0.299. The number of ether oxygens (including phenoxy) is 2. The van der Waals surface area contributed by atoms with Crippen molar-refractivity contribution in [3.05, 3.63) is 52.8 Å². The molecule has 2 aromatic carbocycles. The Morgan fingerprint density at radius 3 is 2.82 bits per heavy atom. The first kappa shape index (κ1) is 20.3. The van der Waals surface area contributed by atoms with Crippen molar-refractivity contribution in [2.45, 2.75) is 24.2 Å². The van der Waals surface area contributed by atoms with Gasteiger partial charge in [-0.2, -0.15) is 5.26 Å². The van der Waals surface area contributed by atoms with Gasteiger partial charge in [-0.15, -0.1) is 0 Å². The highest BCUT2D eigenvalue weighted by Gasteiger charge is 2.29. The molecule has 1 aliphatic rings. The maximum atomic E-state index is 13.7. The normalized spacial score (nSPS) is 15.3. The molecule has 0 saturated heterocycles. The number of aliphatic imine (C=N–C) groups is 1. The molecule has 0 spiro atoms. The summed E-state index contributed by atoms with van der Waals surface area (Å²) in [4.78, 5) is 5.40. The predicted molar refractivity (Wildman–Crippen MR) is 106 cm³/mol. The Hall–Kier alpha value is -2.40. The summed E-state index contributed by atoms with van der Waals surface area (Å²) < 4.78 is 36.9. The minimum Gasteiger partial charge on any atom is -0.612 e. The molecule has 0 radical (unpaired) electrons. The Labute approximate surface area is 167 Å². The van der Waals surface area contributed by atoms with Crippen molar-refractivity contribution in [1.82, 2.24) is 0 Å². The number of nitriles is 1. The minimum atomic E-state index is -1.17. The van der Waals surface area contributed by atoms with Crippen molar-refractivity contribution in [1.29, 1.82) is 5.26 Å². The lowest BCUT2D eigenvalue weighted by atomic mass is 10.1. The van der Waals surface area contributed by atoms with Gasteiger partial charge in [-0.1, -0.05) is 0 Å². The zero-order valence-corrected chi connectivity index (χ0v) is 16.6. The van der Waals surface area contributed by atoms with Gasteiger partial charge >= 0.3 is 0 Å². The lowest BCUT2D eigenvalue weighted by Gasteiger charge is -2.14. The highest BCUT2D eigenvalue weighted by molar-refractivity contribution is 7.90. The Kier molecular flexibility index (Phi) is 6.68. The number of rotatable bonds is 7. The van der Waals surface area contributed by atoms with Crippen molar-refractivity contribution < 1.29 is 18.4 Å². The highest BCUT2D eigenvalue weighted by atomic mass is 32.2. The summed E-state index contributed by atoms with van der Waals surface area (Å²) in [7, 11) is 1.66. The second kappa shape index (κ2) is 9.20. The number of fused-ring (bicyclic) bond motifs is 1. The molecular formula is C21H21FN2O3S. The van der Waals surface area contributed by atoms with Crippen LogP contribution in [0.3, 0.4) is 0 Å². The molecule has 0 heterocycles. The van der Waals surface area contributed by atoms with Gasteiger partial charge in [0.05, 0.1) is 17.2 Å². The van der Waals surface area contributed by atoms with E-state index in [-0.39, 0.29) is 11.3 Å². The number of halogens is 1. The molecule has 2 aromatic rings. The van der Waals surface area contributed by atoms with Gasteiger partial charge in [-0.05, 0) is 54.7 Å². The fraction of sp³-hybridized carbons (Fsp3) is 0.333. The molecule has 3 rings (SSSR count). The third-order valence-electron chi connectivity index (χ3n) is 4.48. The summed E-state index contributed by atoms with van der Waals surface area (Å²) in [6.07, 6.45) is 3.90. The smallest absolute Gasteiger partial charge is 0.162 e. The standard InChI is InChI=1S/C21H21FN2O3S/c1-26-9-3-8-24-18-5-4-17-19(6-7-20(21(17)18)28(2)25)27-16-11-14(13-23)10-15(22)12-16/h6-7,10-12H,3-5,8-9H2,1-2H3/b24-18+. The van der Waals surface area contributed by atoms with E-state index in [1.165, 1.54) is 12.1 Å². The number of benzene rings is 2. The third-order valence-corrected chi connectivity index (χ3v) is 5.44. The van der Waals surface area contributed by atoms with Crippen LogP contribution >= 0.6 is 0 Å². The summed E-state index contributed by atoms with van der Waals surface area (Å²) >= 11 is -1.17. The van der Waals surface area contributed by atoms with Gasteiger partial charge in [0.25, 0.3) is 0 Å². The van der Waals surface area contributed by atoms with Crippen LogP contribution in [0.4, 0.5) is 4.39 Å². The number of hydrogen-bond acceptors (Lipinski definition) is 5. The van der Waals surface area contributed by atoms with Crippen molar-refractivity contribution in [2.24, 2.45) is 4.99 Å². The fourth-order valence-electron chi connectivity index (χ4n) is 3.27. The van der Waals surface area contributed by atoms with E-state index >= 15 is 0 Å². The van der Waals surface area contributed by atoms with Crippen LogP contribution in [0.5, 0.6) is 11.5 Å². The average molecular weight is 400 g/mol. The van der Waals surface area contributed by atoms with Crippen LogP contribution in [0.25, 0.3) is 0 Å². The quantitative estimate of drug-likeness (QED) is 0.520. The largest absolute Gasteiger partial charge is 0.612 e. The SMILES string of the molecule is COCCC/N=C1\CCc2c(Oc3cc(F)cc(C#N)c3)ccc([S+](C)[O-])c21. The van der Waals surface area contributed by atoms with E-state index in [4.69, 9.17) is 14.7 Å². The van der Waals surface area contributed by atoms with Crippen LogP contribution < -0.4 is 4.74 Å². The molecule has 1 unspecified atom stereocenters. The molecular weight excluding hydrogens is 379 g/mol. The molecule has 1 aliphatic carbocycles. The fourth-order valence-corrected chi connectivity index (χ4v) is 4.06. The van der Waals surface area contributed by atoms with Crippen molar-refractivity contribution in [3.63, 3.8) is 0 Å². The molecule has 0 saturated carbocycles. The van der Waals surface area contributed by atoms with Crippen molar-refractivity contribution >= 4 is 16.9 Å². The van der Waals surface area contributed by atoms with E-state index in [1.54, 1.807) is 25.5 Å². The maximum Gasteiger partial charge on any atom is 0.162 e. The van der Waals surface area contributed by atoms with E-state index in [2.05, 4.69) is 4.99 Å². The van der Waals surface area contributed by atoms with Crippen LogP contribution in [0.2, 0.25) is 0 Å². The second-order valence-corrected chi connectivity index (χ2v) is 7.78. The predicted octanol–water partition coefficient (Wildman–Crippen LogP) is 4.00. The van der Waals surface area contributed by atoms with Crippen LogP contribution in [-0.4, -0.2) is 36.8 Å². The first-order valence-electron chi connectivity index (χ1n) is 8.94. The molecule has 0 fully saturated rings. The molecule has 5 nitrogen and oxygen atoms in total. The number of hydrogen-bond donors (Lipinski definition) is 0.